The highest BCUT2D eigenvalue weighted by atomic mass is 79.9. The summed E-state index contributed by atoms with van der Waals surface area (Å²) in [6.45, 7) is 2.29. The molecule has 0 atom stereocenters. The minimum absolute atomic E-state index is 0.0778. The van der Waals surface area contributed by atoms with Gasteiger partial charge in [0.05, 0.1) is 12.0 Å². The highest BCUT2D eigenvalue weighted by molar-refractivity contribution is 9.10. The van der Waals surface area contributed by atoms with Gasteiger partial charge in [-0.15, -0.1) is 0 Å². The third-order valence-corrected chi connectivity index (χ3v) is 3.85. The second-order valence-corrected chi connectivity index (χ2v) is 5.44. The molecule has 0 fully saturated rings. The first-order valence-corrected chi connectivity index (χ1v) is 7.12. The van der Waals surface area contributed by atoms with Gasteiger partial charge in [0.15, 0.2) is 0 Å². The summed E-state index contributed by atoms with van der Waals surface area (Å²) < 4.78 is 6.10. The number of rotatable bonds is 5. The minimum Gasteiger partial charge on any atom is -0.497 e. The van der Waals surface area contributed by atoms with E-state index in [1.807, 2.05) is 31.2 Å². The van der Waals surface area contributed by atoms with E-state index < -0.39 is 0 Å². The number of nitrogens with one attached hydrogen (secondary N) is 1. The Bertz CT molecular complexity index is 674. The third kappa shape index (κ3) is 3.72. The smallest absolute Gasteiger partial charge is 0.292 e. The van der Waals surface area contributed by atoms with Crippen molar-refractivity contribution in [3.05, 3.63) is 62.1 Å². The summed E-state index contributed by atoms with van der Waals surface area (Å²) in [4.78, 5) is 10.7. The Morgan fingerprint density at radius 1 is 1.29 bits per heavy atom. The molecule has 0 aliphatic heterocycles. The summed E-state index contributed by atoms with van der Waals surface area (Å²) in [6, 6.07) is 10.7. The molecule has 110 valence electrons. The van der Waals surface area contributed by atoms with Crippen molar-refractivity contribution in [2.75, 3.05) is 12.4 Å². The lowest BCUT2D eigenvalue weighted by Gasteiger charge is -2.10. The quantitative estimate of drug-likeness (QED) is 0.645. The Labute approximate surface area is 131 Å². The molecule has 2 aromatic carbocycles. The number of methoxy groups -OCH3 is 1. The fourth-order valence-electron chi connectivity index (χ4n) is 1.95. The van der Waals surface area contributed by atoms with Gasteiger partial charge in [0.1, 0.15) is 11.4 Å². The fraction of sp³-hybridized carbons (Fsp3) is 0.200. The van der Waals surface area contributed by atoms with Gasteiger partial charge < -0.3 is 10.1 Å². The number of hydrogen-bond donors (Lipinski definition) is 1. The van der Waals surface area contributed by atoms with Gasteiger partial charge in [0, 0.05) is 17.1 Å². The first kappa shape index (κ1) is 15.3. The maximum Gasteiger partial charge on any atom is 0.292 e. The molecular weight excluding hydrogens is 336 g/mol. The maximum atomic E-state index is 11.1. The maximum absolute atomic E-state index is 11.1. The lowest BCUT2D eigenvalue weighted by molar-refractivity contribution is -0.384. The van der Waals surface area contributed by atoms with Crippen LogP contribution in [0.1, 0.15) is 11.1 Å². The zero-order valence-electron chi connectivity index (χ0n) is 11.7. The molecule has 1 N–H and O–H groups in total. The van der Waals surface area contributed by atoms with Crippen LogP contribution in [-0.2, 0) is 6.54 Å². The second kappa shape index (κ2) is 6.58. The summed E-state index contributed by atoms with van der Waals surface area (Å²) in [5, 5.41) is 14.2. The van der Waals surface area contributed by atoms with E-state index in [1.54, 1.807) is 19.2 Å². The molecule has 0 spiro atoms. The SMILES string of the molecule is COc1ccc(Br)c(CNc2ccc(C)cc2[N+](=O)[O-])c1. The highest BCUT2D eigenvalue weighted by Crippen LogP contribution is 2.28. The molecule has 0 amide bonds. The summed E-state index contributed by atoms with van der Waals surface area (Å²) >= 11 is 3.46. The van der Waals surface area contributed by atoms with Crippen LogP contribution in [0, 0.1) is 17.0 Å². The van der Waals surface area contributed by atoms with E-state index in [0.29, 0.717) is 12.2 Å². The van der Waals surface area contributed by atoms with Gasteiger partial charge in [0.25, 0.3) is 5.69 Å². The average molecular weight is 351 g/mol. The Morgan fingerprint density at radius 3 is 2.71 bits per heavy atom. The zero-order valence-corrected chi connectivity index (χ0v) is 13.3. The molecule has 0 aliphatic rings. The molecule has 0 saturated heterocycles. The summed E-state index contributed by atoms with van der Waals surface area (Å²) in [5.74, 6) is 0.744. The molecule has 0 unspecified atom stereocenters. The van der Waals surface area contributed by atoms with E-state index in [9.17, 15) is 10.1 Å². The van der Waals surface area contributed by atoms with Crippen LogP contribution in [0.3, 0.4) is 0 Å². The summed E-state index contributed by atoms with van der Waals surface area (Å²) in [6.07, 6.45) is 0. The Kier molecular flexibility index (Phi) is 4.80. The van der Waals surface area contributed by atoms with Crippen molar-refractivity contribution in [1.29, 1.82) is 0 Å². The Hall–Kier alpha value is -2.08. The molecule has 21 heavy (non-hydrogen) atoms. The number of nitro benzene ring substituents is 1. The van der Waals surface area contributed by atoms with Gasteiger partial charge in [-0.1, -0.05) is 22.0 Å². The van der Waals surface area contributed by atoms with Crippen molar-refractivity contribution in [2.24, 2.45) is 0 Å². The van der Waals surface area contributed by atoms with Crippen molar-refractivity contribution >= 4 is 27.3 Å². The minimum atomic E-state index is -0.379. The van der Waals surface area contributed by atoms with Crippen LogP contribution in [0.25, 0.3) is 0 Å². The molecule has 0 heterocycles. The van der Waals surface area contributed by atoms with E-state index in [1.165, 1.54) is 0 Å². The van der Waals surface area contributed by atoms with Crippen molar-refractivity contribution in [1.82, 2.24) is 0 Å². The van der Waals surface area contributed by atoms with Crippen LogP contribution in [0.4, 0.5) is 11.4 Å². The van der Waals surface area contributed by atoms with Crippen molar-refractivity contribution < 1.29 is 9.66 Å². The number of hydrogen-bond acceptors (Lipinski definition) is 4. The Morgan fingerprint density at radius 2 is 2.05 bits per heavy atom. The van der Waals surface area contributed by atoms with E-state index in [2.05, 4.69) is 21.2 Å². The molecule has 0 aromatic heterocycles. The topological polar surface area (TPSA) is 64.4 Å². The van der Waals surface area contributed by atoms with E-state index >= 15 is 0 Å². The number of aryl methyl sites for hydroxylation is 1. The van der Waals surface area contributed by atoms with Crippen LogP contribution < -0.4 is 10.1 Å². The molecule has 0 saturated carbocycles. The predicted molar refractivity (Wildman–Crippen MR) is 85.9 cm³/mol. The molecule has 0 aliphatic carbocycles. The number of benzene rings is 2. The van der Waals surface area contributed by atoms with Crippen LogP contribution >= 0.6 is 15.9 Å². The van der Waals surface area contributed by atoms with Crippen LogP contribution in [0.15, 0.2) is 40.9 Å². The molecule has 0 radical (unpaired) electrons. The highest BCUT2D eigenvalue weighted by Gasteiger charge is 2.13. The number of ether oxygens (including phenoxy) is 1. The zero-order chi connectivity index (χ0) is 15.4. The van der Waals surface area contributed by atoms with Crippen molar-refractivity contribution in [3.63, 3.8) is 0 Å². The van der Waals surface area contributed by atoms with E-state index in [4.69, 9.17) is 4.74 Å². The molecule has 0 bridgehead atoms. The third-order valence-electron chi connectivity index (χ3n) is 3.07. The van der Waals surface area contributed by atoms with Crippen LogP contribution in [-0.4, -0.2) is 12.0 Å². The van der Waals surface area contributed by atoms with Gasteiger partial charge in [-0.3, -0.25) is 10.1 Å². The van der Waals surface area contributed by atoms with E-state index in [0.717, 1.165) is 21.3 Å². The molecule has 2 aromatic rings. The van der Waals surface area contributed by atoms with Crippen LogP contribution in [0.2, 0.25) is 0 Å². The normalized spacial score (nSPS) is 10.2. The number of nitro groups is 1. The molecule has 6 heteroatoms. The average Bonchev–Trinajstić information content (AvgIpc) is 2.47. The Balaban J connectivity index is 2.22. The number of anilines is 1. The van der Waals surface area contributed by atoms with Crippen molar-refractivity contribution in [2.45, 2.75) is 13.5 Å². The number of nitrogens with zero attached hydrogens (tertiary/aromatic N) is 1. The first-order chi connectivity index (χ1) is 10.0. The van der Waals surface area contributed by atoms with E-state index in [-0.39, 0.29) is 10.6 Å². The second-order valence-electron chi connectivity index (χ2n) is 4.59. The summed E-state index contributed by atoms with van der Waals surface area (Å²) in [5.41, 5.74) is 2.40. The molecule has 5 nitrogen and oxygen atoms in total. The van der Waals surface area contributed by atoms with Gasteiger partial charge in [-0.25, -0.2) is 0 Å². The monoisotopic (exact) mass is 350 g/mol. The largest absolute Gasteiger partial charge is 0.497 e. The van der Waals surface area contributed by atoms with Gasteiger partial charge in [-0.05, 0) is 42.3 Å². The lowest BCUT2D eigenvalue weighted by Crippen LogP contribution is -2.03. The molecule has 2 rings (SSSR count). The fourth-order valence-corrected chi connectivity index (χ4v) is 2.33. The van der Waals surface area contributed by atoms with Gasteiger partial charge in [0.2, 0.25) is 0 Å². The van der Waals surface area contributed by atoms with Crippen LogP contribution in [0.5, 0.6) is 5.75 Å². The number of halogens is 1. The molecular formula is C15H15BrN2O3. The standard InChI is InChI=1S/C15H15BrN2O3/c1-10-3-6-14(15(7-10)18(19)20)17-9-11-8-12(21-2)4-5-13(11)16/h3-8,17H,9H2,1-2H3. The lowest BCUT2D eigenvalue weighted by atomic mass is 10.1. The summed E-state index contributed by atoms with van der Waals surface area (Å²) in [7, 11) is 1.60. The predicted octanol–water partition coefficient (Wildman–Crippen LogP) is 4.29. The first-order valence-electron chi connectivity index (χ1n) is 6.32. The van der Waals surface area contributed by atoms with Gasteiger partial charge >= 0.3 is 0 Å². The van der Waals surface area contributed by atoms with Gasteiger partial charge in [-0.2, -0.15) is 0 Å². The van der Waals surface area contributed by atoms with Crippen molar-refractivity contribution in [3.8, 4) is 5.75 Å².